The van der Waals surface area contributed by atoms with E-state index in [1.54, 1.807) is 65.6 Å². The van der Waals surface area contributed by atoms with E-state index in [4.69, 9.17) is 8.85 Å². The van der Waals surface area contributed by atoms with Gasteiger partial charge < -0.3 is 29.3 Å². The fourth-order valence-electron chi connectivity index (χ4n) is 9.31. The number of carbonyl (C=O) groups is 1. The Kier molecular flexibility index (Phi) is 16.9. The molecule has 2 aliphatic heterocycles. The number of phenols is 1. The van der Waals surface area contributed by atoms with Crippen molar-refractivity contribution in [1.82, 2.24) is 0 Å². The summed E-state index contributed by atoms with van der Waals surface area (Å²) >= 11 is 0. The van der Waals surface area contributed by atoms with Crippen LogP contribution in [0.25, 0.3) is 0 Å². The van der Waals surface area contributed by atoms with Crippen molar-refractivity contribution >= 4 is 33.9 Å². The van der Waals surface area contributed by atoms with Crippen LogP contribution in [0.5, 0.6) is 11.5 Å². The van der Waals surface area contributed by atoms with Crippen molar-refractivity contribution < 1.29 is 41.4 Å². The highest BCUT2D eigenvalue weighted by Crippen LogP contribution is 2.49. The lowest BCUT2D eigenvalue weighted by atomic mass is 9.75. The van der Waals surface area contributed by atoms with E-state index in [1.807, 2.05) is 36.4 Å². The number of aliphatic hydroxyl groups is 1. The number of hydrogen-bond acceptors (Lipinski definition) is 6. The highest BCUT2D eigenvalue weighted by atomic mass is 28.4. The average molecular weight is 1030 g/mol. The van der Waals surface area contributed by atoms with Crippen LogP contribution in [0.1, 0.15) is 119 Å². The van der Waals surface area contributed by atoms with Gasteiger partial charge in [0.25, 0.3) is 0 Å². The van der Waals surface area contributed by atoms with Crippen molar-refractivity contribution in [3.05, 3.63) is 191 Å². The van der Waals surface area contributed by atoms with Crippen LogP contribution in [0.3, 0.4) is 0 Å². The number of rotatable bonds is 15. The second-order valence-electron chi connectivity index (χ2n) is 22.7. The van der Waals surface area contributed by atoms with E-state index < -0.39 is 22.7 Å². The number of anilines is 2. The molecule has 3 N–H and O–H groups in total. The van der Waals surface area contributed by atoms with Crippen molar-refractivity contribution in [3.63, 3.8) is 0 Å². The Labute approximate surface area is 431 Å². The summed E-state index contributed by atoms with van der Waals surface area (Å²) in [5.41, 5.74) is 6.06. The third kappa shape index (κ3) is 13.1. The van der Waals surface area contributed by atoms with Crippen LogP contribution in [-0.2, 0) is 9.22 Å². The average Bonchev–Trinajstić information content (AvgIpc) is 3.33. The van der Waals surface area contributed by atoms with E-state index in [9.17, 15) is 32.6 Å². The standard InChI is InChI=1S/C36H49F2NO3Si2.C24H23F2NO2/c1-35(2,3)43(7,8)41-30-21-13-26(14-22-30)33-31(34(40)39(33)29-19-17-28(38)18-20-29)23-24-32(25-11-15-27(37)16-12-25)42-44(9,10)36(4,5)6;25-18-6-1-15(2-7-18)23(29)12-5-17-14-27-22-11-8-19(26)13-21(22)24(17)16-3-9-20(28)10-4-16/h11-22,31-33H,23-24H2,1-10H3;1-4,6-11,13,17,23-24,27-29H,5,12,14H2/t31-,32-,33-;17-,23-,24+/m10/s1. The number of nitrogens with one attached hydrogen (secondary N) is 1. The SMILES string of the molecule is CC(C)(C)[Si](C)(C)Oc1ccc([C@@H]2[C@@H](CC[C@@H](O[Si](C)(C)C(C)(C)C)c3ccc(F)cc3)C(=O)N2c2ccc(F)cc2)cc1.Oc1ccc([C@H]2c3cc(F)ccc3NC[C@@H]2CC[C@H](O)c2ccc(F)cc2)cc1. The smallest absolute Gasteiger partial charge is 0.250 e. The van der Waals surface area contributed by atoms with E-state index in [1.165, 1.54) is 42.5 Å². The van der Waals surface area contributed by atoms with Gasteiger partial charge in [-0.3, -0.25) is 4.79 Å². The van der Waals surface area contributed by atoms with Crippen LogP contribution in [0, 0.1) is 35.1 Å². The van der Waals surface area contributed by atoms with Gasteiger partial charge in [0.2, 0.25) is 14.2 Å². The van der Waals surface area contributed by atoms with Gasteiger partial charge in [0.05, 0.1) is 24.2 Å². The number of β-lactam (4-membered cyclic amide) rings is 1. The molecule has 0 aromatic heterocycles. The number of benzene rings is 6. The van der Waals surface area contributed by atoms with Gasteiger partial charge in [-0.1, -0.05) is 90.1 Å². The normalized spacial score (nSPS) is 18.9. The van der Waals surface area contributed by atoms with Crippen LogP contribution < -0.4 is 14.6 Å². The molecule has 0 spiro atoms. The minimum absolute atomic E-state index is 0.00623. The Balaban J connectivity index is 0.000000232. The highest BCUT2D eigenvalue weighted by Gasteiger charge is 2.49. The van der Waals surface area contributed by atoms with Gasteiger partial charge in [0.15, 0.2) is 8.32 Å². The predicted octanol–water partition coefficient (Wildman–Crippen LogP) is 16.0. The zero-order valence-corrected chi connectivity index (χ0v) is 45.9. The van der Waals surface area contributed by atoms with E-state index in [-0.39, 0.29) is 74.9 Å². The molecule has 8 rings (SSSR count). The molecule has 2 heterocycles. The molecule has 0 aliphatic carbocycles. The molecular weight excluding hydrogens is 961 g/mol. The van der Waals surface area contributed by atoms with Gasteiger partial charge in [-0.25, -0.2) is 17.6 Å². The van der Waals surface area contributed by atoms with Gasteiger partial charge in [-0.2, -0.15) is 0 Å². The number of aliphatic hydroxyl groups excluding tert-OH is 1. The lowest BCUT2D eigenvalue weighted by Gasteiger charge is -2.48. The number of nitrogens with zero attached hydrogens (tertiary/aromatic N) is 1. The zero-order chi connectivity index (χ0) is 53.0. The summed E-state index contributed by atoms with van der Waals surface area (Å²) in [4.78, 5) is 15.5. The maximum Gasteiger partial charge on any atom is 0.250 e. The lowest BCUT2D eigenvalue weighted by Crippen LogP contribution is -2.55. The maximum absolute atomic E-state index is 14.0. The zero-order valence-electron chi connectivity index (χ0n) is 43.9. The Bertz CT molecular complexity index is 2780. The number of carbonyl (C=O) groups excluding carboxylic acids is 1. The first-order chi connectivity index (χ1) is 34.3. The maximum atomic E-state index is 14.0. The van der Waals surface area contributed by atoms with E-state index in [0.29, 0.717) is 43.5 Å². The topological polar surface area (TPSA) is 91.3 Å². The molecule has 13 heteroatoms. The van der Waals surface area contributed by atoms with Crippen molar-refractivity contribution in [2.75, 3.05) is 16.8 Å². The predicted molar refractivity (Wildman–Crippen MR) is 290 cm³/mol. The number of fused-ring (bicyclic) bond motifs is 1. The molecule has 73 heavy (non-hydrogen) atoms. The third-order valence-electron chi connectivity index (χ3n) is 15.6. The molecule has 0 bridgehead atoms. The minimum atomic E-state index is -2.17. The largest absolute Gasteiger partial charge is 0.544 e. The van der Waals surface area contributed by atoms with Gasteiger partial charge in [-0.05, 0) is 187 Å². The summed E-state index contributed by atoms with van der Waals surface area (Å²) in [7, 11) is -4.18. The Morgan fingerprint density at radius 2 is 1.16 bits per heavy atom. The third-order valence-corrected chi connectivity index (χ3v) is 24.5. The molecule has 1 saturated heterocycles. The van der Waals surface area contributed by atoms with Crippen LogP contribution in [0.2, 0.25) is 36.3 Å². The summed E-state index contributed by atoms with van der Waals surface area (Å²) in [6, 6.07) is 38.2. The minimum Gasteiger partial charge on any atom is -0.544 e. The molecule has 1 amide bonds. The van der Waals surface area contributed by atoms with E-state index >= 15 is 0 Å². The Morgan fingerprint density at radius 1 is 0.644 bits per heavy atom. The van der Waals surface area contributed by atoms with Crippen LogP contribution >= 0.6 is 0 Å². The molecule has 0 unspecified atom stereocenters. The monoisotopic (exact) mass is 1030 g/mol. The molecule has 0 saturated carbocycles. The molecule has 1 fully saturated rings. The van der Waals surface area contributed by atoms with Gasteiger partial charge in [-0.15, -0.1) is 0 Å². The second kappa shape index (κ2) is 22.4. The number of amides is 1. The Morgan fingerprint density at radius 3 is 1.73 bits per heavy atom. The fourth-order valence-corrected chi connectivity index (χ4v) is 11.7. The van der Waals surface area contributed by atoms with Gasteiger partial charge in [0.1, 0.15) is 34.8 Å². The summed E-state index contributed by atoms with van der Waals surface area (Å²) in [5, 5.41) is 23.6. The van der Waals surface area contributed by atoms with Crippen LogP contribution in [-0.4, -0.2) is 39.3 Å². The van der Waals surface area contributed by atoms with Crippen molar-refractivity contribution in [2.45, 2.75) is 128 Å². The van der Waals surface area contributed by atoms with E-state index in [2.05, 4.69) is 73.0 Å². The molecule has 6 aromatic rings. The second-order valence-corrected chi connectivity index (χ2v) is 32.2. The highest BCUT2D eigenvalue weighted by molar-refractivity contribution is 6.75. The van der Waals surface area contributed by atoms with Gasteiger partial charge >= 0.3 is 0 Å². The molecule has 2 aliphatic rings. The summed E-state index contributed by atoms with van der Waals surface area (Å²) in [6.45, 7) is 22.8. The fraction of sp³-hybridized carbons (Fsp3) is 0.383. The summed E-state index contributed by atoms with van der Waals surface area (Å²) < 4.78 is 68.2. The van der Waals surface area contributed by atoms with Crippen molar-refractivity contribution in [1.29, 1.82) is 0 Å². The first-order valence-electron chi connectivity index (χ1n) is 25.4. The van der Waals surface area contributed by atoms with Crippen molar-refractivity contribution in [3.8, 4) is 11.5 Å². The first kappa shape index (κ1) is 55.0. The molecular formula is C60H72F4N2O5Si2. The number of phenolic OH excluding ortho intramolecular Hbond substituents is 1. The summed E-state index contributed by atoms with van der Waals surface area (Å²) in [5.74, 6) is -0.430. The lowest BCUT2D eigenvalue weighted by molar-refractivity contribution is -0.131. The number of aromatic hydroxyl groups is 1. The van der Waals surface area contributed by atoms with Crippen LogP contribution in [0.4, 0.5) is 28.9 Å². The number of halogens is 4. The molecule has 388 valence electrons. The van der Waals surface area contributed by atoms with Gasteiger partial charge in [0, 0.05) is 23.8 Å². The molecule has 7 nitrogen and oxygen atoms in total. The van der Waals surface area contributed by atoms with Crippen molar-refractivity contribution in [2.24, 2.45) is 11.8 Å². The molecule has 0 radical (unpaired) electrons. The molecule has 6 atom stereocenters. The van der Waals surface area contributed by atoms with Crippen LogP contribution in [0.15, 0.2) is 140 Å². The Hall–Kier alpha value is -5.74. The number of hydrogen-bond donors (Lipinski definition) is 3. The first-order valence-corrected chi connectivity index (χ1v) is 31.2. The summed E-state index contributed by atoms with van der Waals surface area (Å²) in [6.07, 6.45) is 1.48. The quantitative estimate of drug-likeness (QED) is 0.0539. The molecule has 6 aromatic carbocycles. The van der Waals surface area contributed by atoms with E-state index in [0.717, 1.165) is 33.7 Å².